The summed E-state index contributed by atoms with van der Waals surface area (Å²) in [6, 6.07) is 4.10. The molecule has 1 aliphatic carbocycles. The van der Waals surface area contributed by atoms with E-state index in [2.05, 4.69) is 16.9 Å². The van der Waals surface area contributed by atoms with Gasteiger partial charge in [-0.1, -0.05) is 6.42 Å². The number of hydrogen-bond donors (Lipinski definition) is 2. The number of halogens is 1. The third-order valence-electron chi connectivity index (χ3n) is 3.83. The molecule has 0 radical (unpaired) electrons. The fraction of sp³-hybridized carbons (Fsp3) is 0.500. The molecule has 4 nitrogen and oxygen atoms in total. The zero-order chi connectivity index (χ0) is 16.1. The maximum Gasteiger partial charge on any atom is 0.254 e. The number of carbonyl (C=O) groups excluding carboxylic acids is 2. The van der Waals surface area contributed by atoms with Crippen molar-refractivity contribution in [3.8, 4) is 0 Å². The third-order valence-corrected chi connectivity index (χ3v) is 4.92. The van der Waals surface area contributed by atoms with Gasteiger partial charge in [-0.25, -0.2) is 4.39 Å². The number of thioether (sulfide) groups is 1. The van der Waals surface area contributed by atoms with Crippen LogP contribution in [-0.4, -0.2) is 29.4 Å². The first kappa shape index (κ1) is 16.8. The molecule has 1 aromatic carbocycles. The van der Waals surface area contributed by atoms with Crippen LogP contribution in [0, 0.1) is 5.82 Å². The number of rotatable bonds is 4. The maximum absolute atomic E-state index is 13.9. The van der Waals surface area contributed by atoms with Crippen LogP contribution in [0.1, 0.15) is 43.0 Å². The average molecular weight is 324 g/mol. The summed E-state index contributed by atoms with van der Waals surface area (Å²) in [5.74, 6) is -1.26. The van der Waals surface area contributed by atoms with Gasteiger partial charge in [-0.05, 0) is 43.7 Å². The first-order chi connectivity index (χ1) is 10.5. The fourth-order valence-corrected chi connectivity index (χ4v) is 3.56. The van der Waals surface area contributed by atoms with Crippen molar-refractivity contribution < 1.29 is 14.0 Å². The Morgan fingerprint density at radius 3 is 2.77 bits per heavy atom. The van der Waals surface area contributed by atoms with Gasteiger partial charge in [-0.15, -0.1) is 0 Å². The molecule has 2 rings (SSSR count). The molecule has 1 saturated carbocycles. The average Bonchev–Trinajstić information content (AvgIpc) is 2.48. The van der Waals surface area contributed by atoms with Crippen LogP contribution in [0.15, 0.2) is 18.2 Å². The van der Waals surface area contributed by atoms with Gasteiger partial charge in [0.1, 0.15) is 5.82 Å². The van der Waals surface area contributed by atoms with Crippen molar-refractivity contribution in [2.24, 2.45) is 0 Å². The van der Waals surface area contributed by atoms with Gasteiger partial charge in [0.2, 0.25) is 5.91 Å². The van der Waals surface area contributed by atoms with Crippen molar-refractivity contribution in [3.05, 3.63) is 29.6 Å². The summed E-state index contributed by atoms with van der Waals surface area (Å²) in [6.07, 6.45) is 6.16. The van der Waals surface area contributed by atoms with Crippen molar-refractivity contribution in [2.75, 3.05) is 11.6 Å². The van der Waals surface area contributed by atoms with Crippen molar-refractivity contribution >= 4 is 29.3 Å². The summed E-state index contributed by atoms with van der Waals surface area (Å²) in [6.45, 7) is 1.37. The Balaban J connectivity index is 2.06. The highest BCUT2D eigenvalue weighted by atomic mass is 32.2. The third kappa shape index (κ3) is 4.47. The molecule has 0 aromatic heterocycles. The Morgan fingerprint density at radius 2 is 2.09 bits per heavy atom. The number of nitrogens with one attached hydrogen (secondary N) is 2. The lowest BCUT2D eigenvalue weighted by Crippen LogP contribution is -2.39. The highest BCUT2D eigenvalue weighted by molar-refractivity contribution is 7.99. The summed E-state index contributed by atoms with van der Waals surface area (Å²) >= 11 is 1.81. The SMILES string of the molecule is CS[C@@H]1CCC[C@@H](NC(=O)c2cc(NC(C)=O)ccc2F)C1. The molecule has 6 heteroatoms. The highest BCUT2D eigenvalue weighted by Crippen LogP contribution is 2.27. The molecule has 1 aliphatic rings. The summed E-state index contributed by atoms with van der Waals surface area (Å²) in [5.41, 5.74) is 0.391. The molecule has 0 saturated heterocycles. The van der Waals surface area contributed by atoms with E-state index >= 15 is 0 Å². The van der Waals surface area contributed by atoms with E-state index in [4.69, 9.17) is 0 Å². The first-order valence-electron chi connectivity index (χ1n) is 7.40. The molecule has 1 aromatic rings. The van der Waals surface area contributed by atoms with Crippen LogP contribution in [0.5, 0.6) is 0 Å². The van der Waals surface area contributed by atoms with Gasteiger partial charge in [0.05, 0.1) is 5.56 Å². The molecule has 120 valence electrons. The van der Waals surface area contributed by atoms with Crippen molar-refractivity contribution in [1.29, 1.82) is 0 Å². The minimum Gasteiger partial charge on any atom is -0.349 e. The molecule has 2 amide bonds. The van der Waals surface area contributed by atoms with Crippen LogP contribution in [0.3, 0.4) is 0 Å². The fourth-order valence-electron chi connectivity index (χ4n) is 2.73. The molecule has 0 heterocycles. The van der Waals surface area contributed by atoms with Gasteiger partial charge in [-0.3, -0.25) is 9.59 Å². The number of benzene rings is 1. The van der Waals surface area contributed by atoms with Crippen LogP contribution in [0.25, 0.3) is 0 Å². The Labute approximate surface area is 134 Å². The number of amides is 2. The predicted octanol–water partition coefficient (Wildman–Crippen LogP) is 3.19. The van der Waals surface area contributed by atoms with Crippen LogP contribution in [0.4, 0.5) is 10.1 Å². The van der Waals surface area contributed by atoms with E-state index in [1.807, 2.05) is 11.8 Å². The number of carbonyl (C=O) groups is 2. The number of anilines is 1. The standard InChI is InChI=1S/C16H21FN2O2S/c1-10(20)18-12-6-7-15(17)14(9-12)16(21)19-11-4-3-5-13(8-11)22-2/h6-7,9,11,13H,3-5,8H2,1-2H3,(H,18,20)(H,19,21)/t11-,13-/m1/s1. The normalized spacial score (nSPS) is 21.2. The summed E-state index contributed by atoms with van der Waals surface area (Å²) in [4.78, 5) is 23.4. The topological polar surface area (TPSA) is 58.2 Å². The zero-order valence-electron chi connectivity index (χ0n) is 12.8. The molecule has 0 aliphatic heterocycles. The van der Waals surface area contributed by atoms with Gasteiger partial charge in [0.15, 0.2) is 0 Å². The molecular formula is C16H21FN2O2S. The van der Waals surface area contributed by atoms with E-state index in [9.17, 15) is 14.0 Å². The molecule has 2 N–H and O–H groups in total. The van der Waals surface area contributed by atoms with Crippen LogP contribution < -0.4 is 10.6 Å². The monoisotopic (exact) mass is 324 g/mol. The van der Waals surface area contributed by atoms with Crippen LogP contribution >= 0.6 is 11.8 Å². The van der Waals surface area contributed by atoms with Crippen LogP contribution in [-0.2, 0) is 4.79 Å². The quantitative estimate of drug-likeness (QED) is 0.894. The van der Waals surface area contributed by atoms with Gasteiger partial charge in [-0.2, -0.15) is 11.8 Å². The molecule has 2 atom stereocenters. The van der Waals surface area contributed by atoms with Crippen molar-refractivity contribution in [1.82, 2.24) is 5.32 Å². The largest absolute Gasteiger partial charge is 0.349 e. The van der Waals surface area contributed by atoms with E-state index in [-0.39, 0.29) is 17.5 Å². The Hall–Kier alpha value is -1.56. The van der Waals surface area contributed by atoms with Crippen LogP contribution in [0.2, 0.25) is 0 Å². The Kier molecular flexibility index (Phi) is 5.83. The minimum atomic E-state index is -0.580. The van der Waals surface area contributed by atoms with Gasteiger partial charge >= 0.3 is 0 Å². The van der Waals surface area contributed by atoms with E-state index in [1.165, 1.54) is 31.5 Å². The maximum atomic E-state index is 13.9. The van der Waals surface area contributed by atoms with Gasteiger partial charge in [0, 0.05) is 23.9 Å². The molecule has 0 spiro atoms. The first-order valence-corrected chi connectivity index (χ1v) is 8.69. The molecule has 1 fully saturated rings. The Morgan fingerprint density at radius 1 is 1.32 bits per heavy atom. The highest BCUT2D eigenvalue weighted by Gasteiger charge is 2.24. The van der Waals surface area contributed by atoms with E-state index < -0.39 is 11.7 Å². The second-order valence-corrected chi connectivity index (χ2v) is 6.71. The van der Waals surface area contributed by atoms with Crippen molar-refractivity contribution in [2.45, 2.75) is 43.9 Å². The van der Waals surface area contributed by atoms with E-state index in [1.54, 1.807) is 0 Å². The van der Waals surface area contributed by atoms with Gasteiger partial charge in [0.25, 0.3) is 5.91 Å². The lowest BCUT2D eigenvalue weighted by atomic mass is 9.94. The zero-order valence-corrected chi connectivity index (χ0v) is 13.6. The van der Waals surface area contributed by atoms with Gasteiger partial charge < -0.3 is 10.6 Å². The summed E-state index contributed by atoms with van der Waals surface area (Å²) < 4.78 is 13.9. The second kappa shape index (κ2) is 7.63. The molecule has 22 heavy (non-hydrogen) atoms. The molecule has 0 bridgehead atoms. The van der Waals surface area contributed by atoms with E-state index in [0.717, 1.165) is 19.3 Å². The minimum absolute atomic E-state index is 0.0301. The lowest BCUT2D eigenvalue weighted by Gasteiger charge is -2.28. The van der Waals surface area contributed by atoms with E-state index in [0.29, 0.717) is 10.9 Å². The molecule has 0 unspecified atom stereocenters. The predicted molar refractivity (Wildman–Crippen MR) is 87.7 cm³/mol. The smallest absolute Gasteiger partial charge is 0.254 e. The molecular weight excluding hydrogens is 303 g/mol. The second-order valence-electron chi connectivity index (χ2n) is 5.57. The number of hydrogen-bond acceptors (Lipinski definition) is 3. The van der Waals surface area contributed by atoms with Crippen molar-refractivity contribution in [3.63, 3.8) is 0 Å². The summed E-state index contributed by atoms with van der Waals surface area (Å²) in [7, 11) is 0. The summed E-state index contributed by atoms with van der Waals surface area (Å²) in [5, 5.41) is 6.02. The Bertz CT molecular complexity index is 565. The lowest BCUT2D eigenvalue weighted by molar-refractivity contribution is -0.114.